The number of hydrogen-bond acceptors (Lipinski definition) is 6. The summed E-state index contributed by atoms with van der Waals surface area (Å²) in [6.07, 6.45) is 5.51. The Morgan fingerprint density at radius 1 is 1.24 bits per heavy atom. The third kappa shape index (κ3) is 3.71. The fraction of sp³-hybridized carbons (Fsp3) is 0.190. The van der Waals surface area contributed by atoms with E-state index in [1.807, 2.05) is 28.8 Å². The summed E-state index contributed by atoms with van der Waals surface area (Å²) < 4.78 is 1.93. The molecule has 0 bridgehead atoms. The molecule has 0 saturated heterocycles. The number of nitrogens with zero attached hydrogens (tertiary/aromatic N) is 5. The molecule has 0 unspecified atom stereocenters. The van der Waals surface area contributed by atoms with Gasteiger partial charge in [0.25, 0.3) is 0 Å². The zero-order chi connectivity index (χ0) is 20.4. The topological polar surface area (TPSA) is 81.0 Å². The Morgan fingerprint density at radius 2 is 2.03 bits per heavy atom. The molecule has 7 nitrogen and oxygen atoms in total. The minimum atomic E-state index is -0.0154. The monoisotopic (exact) mass is 405 g/mol. The van der Waals surface area contributed by atoms with E-state index in [1.54, 1.807) is 36.5 Å². The molecule has 146 valence electrons. The van der Waals surface area contributed by atoms with Gasteiger partial charge in [-0.15, -0.1) is 16.8 Å². The van der Waals surface area contributed by atoms with Crippen LogP contribution >= 0.6 is 11.8 Å². The number of carbonyl (C=O) groups is 2. The van der Waals surface area contributed by atoms with Crippen molar-refractivity contribution in [1.82, 2.24) is 19.7 Å². The number of rotatable bonds is 7. The number of amides is 1. The SMILES string of the molecule is C=CCn1c(SCC(=O)c2ccc3c(c2)CC(=O)N3C)nnc1-c1ccncc1. The molecule has 4 rings (SSSR count). The summed E-state index contributed by atoms with van der Waals surface area (Å²) >= 11 is 1.34. The maximum atomic E-state index is 12.7. The van der Waals surface area contributed by atoms with Gasteiger partial charge in [-0.25, -0.2) is 0 Å². The lowest BCUT2D eigenvalue weighted by Crippen LogP contribution is -2.20. The van der Waals surface area contributed by atoms with Crippen LogP contribution in [0.5, 0.6) is 0 Å². The predicted molar refractivity (Wildman–Crippen MR) is 112 cm³/mol. The molecule has 0 aliphatic carbocycles. The zero-order valence-electron chi connectivity index (χ0n) is 15.9. The van der Waals surface area contributed by atoms with Gasteiger partial charge in [-0.05, 0) is 35.9 Å². The van der Waals surface area contributed by atoms with E-state index in [4.69, 9.17) is 0 Å². The standard InChI is InChI=1S/C21H19N5O2S/c1-3-10-26-20(14-6-8-22-9-7-14)23-24-21(26)29-13-18(27)15-4-5-17-16(11-15)12-19(28)25(17)2/h3-9,11H,1,10,12-13H2,2H3. The maximum absolute atomic E-state index is 12.7. The van der Waals surface area contributed by atoms with Crippen LogP contribution in [0.25, 0.3) is 11.4 Å². The number of ketones is 1. The van der Waals surface area contributed by atoms with Gasteiger partial charge in [-0.1, -0.05) is 17.8 Å². The number of pyridine rings is 1. The fourth-order valence-corrected chi connectivity index (χ4v) is 4.10. The predicted octanol–water partition coefficient (Wildman–Crippen LogP) is 3.02. The Hall–Kier alpha value is -3.26. The first-order valence-electron chi connectivity index (χ1n) is 9.08. The quantitative estimate of drug-likeness (QED) is 0.341. The van der Waals surface area contributed by atoms with Crippen LogP contribution in [0.2, 0.25) is 0 Å². The molecule has 8 heteroatoms. The largest absolute Gasteiger partial charge is 0.315 e. The van der Waals surface area contributed by atoms with Crippen LogP contribution in [0.4, 0.5) is 5.69 Å². The van der Waals surface area contributed by atoms with E-state index in [2.05, 4.69) is 21.8 Å². The van der Waals surface area contributed by atoms with Gasteiger partial charge in [0.2, 0.25) is 5.91 Å². The number of aromatic nitrogens is 4. The minimum Gasteiger partial charge on any atom is -0.315 e. The molecule has 1 aromatic carbocycles. The Labute approximate surface area is 172 Å². The summed E-state index contributed by atoms with van der Waals surface area (Å²) in [5, 5.41) is 9.19. The molecule has 0 radical (unpaired) electrons. The summed E-state index contributed by atoms with van der Waals surface area (Å²) in [7, 11) is 1.75. The molecule has 29 heavy (non-hydrogen) atoms. The second-order valence-corrected chi connectivity index (χ2v) is 7.57. The molecule has 2 aromatic heterocycles. The highest BCUT2D eigenvalue weighted by Crippen LogP contribution is 2.29. The molecule has 0 N–H and O–H groups in total. The minimum absolute atomic E-state index is 0.0154. The lowest BCUT2D eigenvalue weighted by atomic mass is 10.1. The van der Waals surface area contributed by atoms with Crippen LogP contribution in [-0.2, 0) is 17.8 Å². The highest BCUT2D eigenvalue weighted by atomic mass is 32.2. The van der Waals surface area contributed by atoms with Crippen molar-refractivity contribution in [3.05, 3.63) is 66.5 Å². The number of allylic oxidation sites excluding steroid dienone is 1. The maximum Gasteiger partial charge on any atom is 0.231 e. The molecule has 1 aliphatic rings. The third-order valence-corrected chi connectivity index (χ3v) is 5.74. The Bertz CT molecular complexity index is 1090. The molecular weight excluding hydrogens is 386 g/mol. The number of likely N-dealkylation sites (N-methyl/N-ethyl adjacent to an activating group) is 1. The fourth-order valence-electron chi connectivity index (χ4n) is 3.26. The first kappa shape index (κ1) is 19.1. The smallest absolute Gasteiger partial charge is 0.231 e. The van der Waals surface area contributed by atoms with Crippen molar-refractivity contribution in [2.45, 2.75) is 18.1 Å². The number of Topliss-reactive ketones (excluding diaryl/α,β-unsaturated/α-hetero) is 1. The van der Waals surface area contributed by atoms with E-state index in [9.17, 15) is 9.59 Å². The molecule has 0 fully saturated rings. The van der Waals surface area contributed by atoms with Gasteiger partial charge in [-0.2, -0.15) is 0 Å². The summed E-state index contributed by atoms with van der Waals surface area (Å²) in [5.74, 6) is 0.966. The van der Waals surface area contributed by atoms with E-state index in [0.717, 1.165) is 16.8 Å². The number of carbonyl (C=O) groups excluding carboxylic acids is 2. The number of benzene rings is 1. The van der Waals surface area contributed by atoms with Crippen LogP contribution in [0.1, 0.15) is 15.9 Å². The number of thioether (sulfide) groups is 1. The van der Waals surface area contributed by atoms with Gasteiger partial charge in [0.1, 0.15) is 0 Å². The van der Waals surface area contributed by atoms with E-state index in [-0.39, 0.29) is 17.4 Å². The highest BCUT2D eigenvalue weighted by Gasteiger charge is 2.25. The van der Waals surface area contributed by atoms with Gasteiger partial charge >= 0.3 is 0 Å². The summed E-state index contributed by atoms with van der Waals surface area (Å²) in [5.41, 5.74) is 3.26. The summed E-state index contributed by atoms with van der Waals surface area (Å²) in [4.78, 5) is 30.2. The summed E-state index contributed by atoms with van der Waals surface area (Å²) in [6.45, 7) is 4.34. The Kier molecular flexibility index (Phi) is 5.26. The lowest BCUT2D eigenvalue weighted by Gasteiger charge is -2.10. The molecular formula is C21H19N5O2S. The van der Waals surface area contributed by atoms with Gasteiger partial charge in [0, 0.05) is 42.8 Å². The molecule has 0 saturated carbocycles. The average molecular weight is 405 g/mol. The first-order valence-corrected chi connectivity index (χ1v) is 10.1. The van der Waals surface area contributed by atoms with E-state index < -0.39 is 0 Å². The van der Waals surface area contributed by atoms with Crippen molar-refractivity contribution in [3.63, 3.8) is 0 Å². The van der Waals surface area contributed by atoms with Crippen molar-refractivity contribution < 1.29 is 9.59 Å². The van der Waals surface area contributed by atoms with Crippen molar-refractivity contribution in [3.8, 4) is 11.4 Å². The van der Waals surface area contributed by atoms with Crippen LogP contribution in [0, 0.1) is 0 Å². The van der Waals surface area contributed by atoms with Crippen molar-refractivity contribution >= 4 is 29.1 Å². The van der Waals surface area contributed by atoms with Crippen LogP contribution < -0.4 is 4.90 Å². The molecule has 1 aliphatic heterocycles. The second kappa shape index (κ2) is 8.00. The van der Waals surface area contributed by atoms with E-state index in [1.165, 1.54) is 11.8 Å². The van der Waals surface area contributed by atoms with Gasteiger partial charge < -0.3 is 4.90 Å². The van der Waals surface area contributed by atoms with Crippen LogP contribution in [0.15, 0.2) is 60.5 Å². The number of anilines is 1. The molecule has 3 aromatic rings. The summed E-state index contributed by atoms with van der Waals surface area (Å²) in [6, 6.07) is 9.15. The average Bonchev–Trinajstić information content (AvgIpc) is 3.27. The van der Waals surface area contributed by atoms with Crippen molar-refractivity contribution in [2.75, 3.05) is 17.7 Å². The Balaban J connectivity index is 1.52. The highest BCUT2D eigenvalue weighted by molar-refractivity contribution is 7.99. The van der Waals surface area contributed by atoms with Crippen LogP contribution in [0.3, 0.4) is 0 Å². The molecule has 1 amide bonds. The molecule has 3 heterocycles. The van der Waals surface area contributed by atoms with Gasteiger partial charge in [0.05, 0.1) is 12.2 Å². The van der Waals surface area contributed by atoms with Crippen LogP contribution in [-0.4, -0.2) is 44.2 Å². The normalized spacial score (nSPS) is 12.9. The first-order chi connectivity index (χ1) is 14.1. The number of fused-ring (bicyclic) bond motifs is 1. The number of hydrogen-bond donors (Lipinski definition) is 0. The van der Waals surface area contributed by atoms with Crippen molar-refractivity contribution in [1.29, 1.82) is 0 Å². The second-order valence-electron chi connectivity index (χ2n) is 6.63. The van der Waals surface area contributed by atoms with E-state index >= 15 is 0 Å². The zero-order valence-corrected chi connectivity index (χ0v) is 16.7. The lowest BCUT2D eigenvalue weighted by molar-refractivity contribution is -0.117. The molecule has 0 spiro atoms. The third-order valence-electron chi connectivity index (χ3n) is 4.78. The Morgan fingerprint density at radius 3 is 2.79 bits per heavy atom. The molecule has 0 atom stereocenters. The van der Waals surface area contributed by atoms with Gasteiger partial charge in [-0.3, -0.25) is 19.1 Å². The van der Waals surface area contributed by atoms with Crippen molar-refractivity contribution in [2.24, 2.45) is 0 Å². The van der Waals surface area contributed by atoms with E-state index in [0.29, 0.717) is 29.5 Å². The van der Waals surface area contributed by atoms with Gasteiger partial charge in [0.15, 0.2) is 16.8 Å².